The summed E-state index contributed by atoms with van der Waals surface area (Å²) in [6, 6.07) is 0.680. The summed E-state index contributed by atoms with van der Waals surface area (Å²) in [5, 5.41) is 1.19. The van der Waals surface area contributed by atoms with Crippen LogP contribution in [0.15, 0.2) is 0 Å². The SMILES string of the molecule is CCCCCN(c1nc2c(s1)CCCC2N)C(C)C. The molecule has 0 amide bonds. The highest BCUT2D eigenvalue weighted by Crippen LogP contribution is 2.36. The van der Waals surface area contributed by atoms with Crippen LogP contribution in [-0.2, 0) is 6.42 Å². The first kappa shape index (κ1) is 14.8. The van der Waals surface area contributed by atoms with Crippen molar-refractivity contribution >= 4 is 16.5 Å². The molecule has 0 saturated heterocycles. The second-order valence-corrected chi connectivity index (χ2v) is 6.86. The van der Waals surface area contributed by atoms with Crippen molar-refractivity contribution in [1.82, 2.24) is 4.98 Å². The third-order valence-corrected chi connectivity index (χ3v) is 5.03. The lowest BCUT2D eigenvalue weighted by atomic mass is 9.99. The highest BCUT2D eigenvalue weighted by atomic mass is 32.1. The highest BCUT2D eigenvalue weighted by molar-refractivity contribution is 7.15. The van der Waals surface area contributed by atoms with Gasteiger partial charge >= 0.3 is 0 Å². The largest absolute Gasteiger partial charge is 0.346 e. The number of unbranched alkanes of at least 4 members (excludes halogenated alkanes) is 2. The van der Waals surface area contributed by atoms with Crippen LogP contribution in [0.5, 0.6) is 0 Å². The number of aromatic nitrogens is 1. The molecule has 0 fully saturated rings. The zero-order valence-corrected chi connectivity index (χ0v) is 13.3. The van der Waals surface area contributed by atoms with Crippen molar-refractivity contribution in [2.45, 2.75) is 71.4 Å². The number of rotatable bonds is 6. The Labute approximate surface area is 121 Å². The Balaban J connectivity index is 2.13. The van der Waals surface area contributed by atoms with E-state index in [4.69, 9.17) is 10.7 Å². The topological polar surface area (TPSA) is 42.2 Å². The monoisotopic (exact) mass is 281 g/mol. The molecule has 2 N–H and O–H groups in total. The summed E-state index contributed by atoms with van der Waals surface area (Å²) in [5.41, 5.74) is 7.36. The molecule has 108 valence electrons. The van der Waals surface area contributed by atoms with E-state index in [0.29, 0.717) is 6.04 Å². The van der Waals surface area contributed by atoms with Gasteiger partial charge in [-0.15, -0.1) is 11.3 Å². The van der Waals surface area contributed by atoms with Crippen LogP contribution in [-0.4, -0.2) is 17.6 Å². The molecule has 3 nitrogen and oxygen atoms in total. The van der Waals surface area contributed by atoms with Crippen molar-refractivity contribution in [2.75, 3.05) is 11.4 Å². The normalized spacial score (nSPS) is 18.7. The lowest BCUT2D eigenvalue weighted by Gasteiger charge is -2.26. The molecular formula is C15H27N3S. The molecule has 1 aromatic rings. The first-order chi connectivity index (χ1) is 9.13. The minimum Gasteiger partial charge on any atom is -0.346 e. The van der Waals surface area contributed by atoms with E-state index in [2.05, 4.69) is 25.7 Å². The molecule has 2 rings (SSSR count). The number of aryl methyl sites for hydroxylation is 1. The summed E-state index contributed by atoms with van der Waals surface area (Å²) in [5.74, 6) is 0. The number of hydrogen-bond donors (Lipinski definition) is 1. The third-order valence-electron chi connectivity index (χ3n) is 3.86. The predicted molar refractivity (Wildman–Crippen MR) is 84.0 cm³/mol. The Morgan fingerprint density at radius 1 is 1.42 bits per heavy atom. The zero-order chi connectivity index (χ0) is 13.8. The molecule has 0 radical (unpaired) electrons. The Morgan fingerprint density at radius 3 is 2.84 bits per heavy atom. The van der Waals surface area contributed by atoms with Gasteiger partial charge in [-0.25, -0.2) is 4.98 Å². The van der Waals surface area contributed by atoms with Crippen LogP contribution in [0.2, 0.25) is 0 Å². The molecule has 0 aliphatic heterocycles. The fourth-order valence-corrected chi connectivity index (χ4v) is 4.00. The number of anilines is 1. The second kappa shape index (κ2) is 6.71. The Morgan fingerprint density at radius 2 is 2.21 bits per heavy atom. The quantitative estimate of drug-likeness (QED) is 0.805. The van der Waals surface area contributed by atoms with Gasteiger partial charge in [-0.3, -0.25) is 0 Å². The van der Waals surface area contributed by atoms with Crippen LogP contribution in [0, 0.1) is 0 Å². The van der Waals surface area contributed by atoms with Crippen LogP contribution in [0.25, 0.3) is 0 Å². The van der Waals surface area contributed by atoms with Crippen molar-refractivity contribution in [3.63, 3.8) is 0 Å². The average Bonchev–Trinajstić information content (AvgIpc) is 2.79. The van der Waals surface area contributed by atoms with Gasteiger partial charge in [0.2, 0.25) is 0 Å². The lowest BCUT2D eigenvalue weighted by Crippen LogP contribution is -2.31. The van der Waals surface area contributed by atoms with Crippen LogP contribution < -0.4 is 10.6 Å². The fraction of sp³-hybridized carbons (Fsp3) is 0.800. The Hall–Kier alpha value is -0.610. The maximum absolute atomic E-state index is 6.18. The van der Waals surface area contributed by atoms with Gasteiger partial charge in [0.25, 0.3) is 0 Å². The molecule has 1 aliphatic carbocycles. The molecule has 19 heavy (non-hydrogen) atoms. The first-order valence-electron chi connectivity index (χ1n) is 7.65. The fourth-order valence-electron chi connectivity index (χ4n) is 2.67. The van der Waals surface area contributed by atoms with Crippen molar-refractivity contribution in [3.05, 3.63) is 10.6 Å². The van der Waals surface area contributed by atoms with Crippen molar-refractivity contribution < 1.29 is 0 Å². The van der Waals surface area contributed by atoms with Crippen molar-refractivity contribution in [1.29, 1.82) is 0 Å². The number of nitrogens with zero attached hydrogens (tertiary/aromatic N) is 2. The standard InChI is InChI=1S/C15H27N3S/c1-4-5-6-10-18(11(2)3)15-17-14-12(16)8-7-9-13(14)19-15/h11-12H,4-10,16H2,1-3H3. The van der Waals surface area contributed by atoms with Gasteiger partial charge in [-0.2, -0.15) is 0 Å². The molecule has 0 bridgehead atoms. The maximum atomic E-state index is 6.18. The van der Waals surface area contributed by atoms with Gasteiger partial charge in [0.05, 0.1) is 5.69 Å². The third kappa shape index (κ3) is 3.48. The molecule has 4 heteroatoms. The van der Waals surface area contributed by atoms with E-state index in [1.165, 1.54) is 47.8 Å². The Bertz CT molecular complexity index is 400. The van der Waals surface area contributed by atoms with E-state index in [0.717, 1.165) is 13.0 Å². The average molecular weight is 281 g/mol. The summed E-state index contributed by atoms with van der Waals surface area (Å²) < 4.78 is 0. The first-order valence-corrected chi connectivity index (χ1v) is 8.47. The van der Waals surface area contributed by atoms with E-state index in [1.807, 2.05) is 11.3 Å². The van der Waals surface area contributed by atoms with Crippen molar-refractivity contribution in [2.24, 2.45) is 5.73 Å². The van der Waals surface area contributed by atoms with Gasteiger partial charge in [0.1, 0.15) is 0 Å². The highest BCUT2D eigenvalue weighted by Gasteiger charge is 2.24. The van der Waals surface area contributed by atoms with Gasteiger partial charge in [0.15, 0.2) is 5.13 Å². The summed E-state index contributed by atoms with van der Waals surface area (Å²) in [7, 11) is 0. The number of fused-ring (bicyclic) bond motifs is 1. The smallest absolute Gasteiger partial charge is 0.186 e. The van der Waals surface area contributed by atoms with E-state index >= 15 is 0 Å². The van der Waals surface area contributed by atoms with Crippen LogP contribution in [0.1, 0.15) is 69.5 Å². The molecule has 1 unspecified atom stereocenters. The molecule has 0 aromatic carbocycles. The van der Waals surface area contributed by atoms with Gasteiger partial charge in [-0.1, -0.05) is 19.8 Å². The van der Waals surface area contributed by atoms with Crippen LogP contribution in [0.4, 0.5) is 5.13 Å². The minimum absolute atomic E-state index is 0.165. The van der Waals surface area contributed by atoms with Crippen molar-refractivity contribution in [3.8, 4) is 0 Å². The van der Waals surface area contributed by atoms with Gasteiger partial charge in [0, 0.05) is 23.5 Å². The summed E-state index contributed by atoms with van der Waals surface area (Å²) in [6.45, 7) is 7.88. The zero-order valence-electron chi connectivity index (χ0n) is 12.5. The molecule has 0 saturated carbocycles. The number of thiazole rings is 1. The van der Waals surface area contributed by atoms with E-state index in [-0.39, 0.29) is 6.04 Å². The molecule has 1 aromatic heterocycles. The predicted octanol–water partition coefficient (Wildman–Crippen LogP) is 3.88. The lowest BCUT2D eigenvalue weighted by molar-refractivity contribution is 0.561. The summed E-state index contributed by atoms with van der Waals surface area (Å²) >= 11 is 1.87. The van der Waals surface area contributed by atoms with E-state index in [9.17, 15) is 0 Å². The molecule has 1 atom stereocenters. The van der Waals surface area contributed by atoms with E-state index < -0.39 is 0 Å². The molecule has 1 heterocycles. The van der Waals surface area contributed by atoms with Crippen LogP contribution in [0.3, 0.4) is 0 Å². The van der Waals surface area contributed by atoms with Gasteiger partial charge in [-0.05, 0) is 39.5 Å². The molecule has 0 spiro atoms. The number of hydrogen-bond acceptors (Lipinski definition) is 4. The Kier molecular flexibility index (Phi) is 5.22. The van der Waals surface area contributed by atoms with E-state index in [1.54, 1.807) is 0 Å². The molecular weight excluding hydrogens is 254 g/mol. The molecule has 1 aliphatic rings. The second-order valence-electron chi connectivity index (χ2n) is 5.80. The van der Waals surface area contributed by atoms with Gasteiger partial charge < -0.3 is 10.6 Å². The minimum atomic E-state index is 0.165. The maximum Gasteiger partial charge on any atom is 0.186 e. The summed E-state index contributed by atoms with van der Waals surface area (Å²) in [4.78, 5) is 8.73. The number of nitrogens with two attached hydrogens (primary N) is 1. The summed E-state index contributed by atoms with van der Waals surface area (Å²) in [6.07, 6.45) is 7.30. The van der Waals surface area contributed by atoms with Crippen LogP contribution >= 0.6 is 11.3 Å².